The highest BCUT2D eigenvalue weighted by Crippen LogP contribution is 2.07. The molecule has 1 amide bonds. The number of nitrogens with two attached hydrogens (primary N) is 1. The molecule has 0 aliphatic rings. The Balaban J connectivity index is 2.25. The number of hydrogen-bond acceptors (Lipinski definition) is 4. The van der Waals surface area contributed by atoms with Crippen LogP contribution >= 0.6 is 11.3 Å². The molecule has 2 N–H and O–H groups in total. The van der Waals surface area contributed by atoms with Crippen LogP contribution in [0.1, 0.15) is 31.9 Å². The summed E-state index contributed by atoms with van der Waals surface area (Å²) in [6, 6.07) is 0.177. The molecule has 1 aromatic rings. The Hall–Kier alpha value is -0.940. The minimum Gasteiger partial charge on any atom is -0.340 e. The minimum absolute atomic E-state index is 0.161. The van der Waals surface area contributed by atoms with E-state index in [1.54, 1.807) is 21.7 Å². The molecule has 1 atom stereocenters. The van der Waals surface area contributed by atoms with E-state index in [-0.39, 0.29) is 11.9 Å². The van der Waals surface area contributed by atoms with E-state index in [2.05, 4.69) is 4.98 Å². The van der Waals surface area contributed by atoms with Crippen LogP contribution in [-0.2, 0) is 11.3 Å². The highest BCUT2D eigenvalue weighted by atomic mass is 32.1. The number of carbonyl (C=O) groups excluding carboxylic acids is 1. The van der Waals surface area contributed by atoms with E-state index in [1.807, 2.05) is 19.4 Å². The fraction of sp³-hybridized carbons (Fsp3) is 0.636. The van der Waals surface area contributed by atoms with E-state index in [0.717, 1.165) is 18.5 Å². The van der Waals surface area contributed by atoms with Gasteiger partial charge in [-0.25, -0.2) is 4.98 Å². The van der Waals surface area contributed by atoms with Gasteiger partial charge in [-0.1, -0.05) is 0 Å². The zero-order valence-electron chi connectivity index (χ0n) is 9.85. The van der Waals surface area contributed by atoms with Gasteiger partial charge < -0.3 is 10.6 Å². The van der Waals surface area contributed by atoms with Crippen molar-refractivity contribution in [2.24, 2.45) is 5.73 Å². The predicted molar refractivity (Wildman–Crippen MR) is 66.1 cm³/mol. The fourth-order valence-electron chi connectivity index (χ4n) is 1.41. The second-order valence-electron chi connectivity index (χ2n) is 4.10. The third-order valence-corrected chi connectivity index (χ3v) is 2.99. The van der Waals surface area contributed by atoms with Crippen LogP contribution in [0.15, 0.2) is 10.9 Å². The molecule has 1 unspecified atom stereocenters. The van der Waals surface area contributed by atoms with E-state index < -0.39 is 0 Å². The molecule has 5 heteroatoms. The van der Waals surface area contributed by atoms with Crippen LogP contribution < -0.4 is 5.73 Å². The lowest BCUT2D eigenvalue weighted by Gasteiger charge is -2.16. The van der Waals surface area contributed by atoms with E-state index in [0.29, 0.717) is 13.0 Å². The molecule has 0 aliphatic carbocycles. The maximum Gasteiger partial charge on any atom is 0.222 e. The van der Waals surface area contributed by atoms with E-state index in [9.17, 15) is 4.79 Å². The van der Waals surface area contributed by atoms with Gasteiger partial charge in [0.25, 0.3) is 0 Å². The second kappa shape index (κ2) is 6.60. The Kier molecular flexibility index (Phi) is 5.42. The molecular weight excluding hydrogens is 222 g/mol. The summed E-state index contributed by atoms with van der Waals surface area (Å²) in [5.41, 5.74) is 8.36. The zero-order chi connectivity index (χ0) is 12.0. The lowest BCUT2D eigenvalue weighted by atomic mass is 10.1. The monoisotopic (exact) mass is 241 g/mol. The molecular formula is C11H19N3OS. The average molecular weight is 241 g/mol. The van der Waals surface area contributed by atoms with E-state index in [1.165, 1.54) is 0 Å². The van der Waals surface area contributed by atoms with Crippen molar-refractivity contribution in [3.8, 4) is 0 Å². The summed E-state index contributed by atoms with van der Waals surface area (Å²) in [5, 5.41) is 1.96. The standard InChI is InChI=1S/C11H19N3OS/c1-9(12)4-3-5-11(15)14(2)6-10-7-16-8-13-10/h7-9H,3-6,12H2,1-2H3. The number of aromatic nitrogens is 1. The van der Waals surface area contributed by atoms with Gasteiger partial charge in [0.15, 0.2) is 0 Å². The van der Waals surface area contributed by atoms with Crippen LogP contribution in [0, 0.1) is 0 Å². The topological polar surface area (TPSA) is 59.2 Å². The Bertz CT molecular complexity index is 311. The van der Waals surface area contributed by atoms with Gasteiger partial charge in [-0.2, -0.15) is 0 Å². The number of amides is 1. The van der Waals surface area contributed by atoms with Crippen LogP contribution in [0.2, 0.25) is 0 Å². The molecule has 90 valence electrons. The molecule has 1 rings (SSSR count). The van der Waals surface area contributed by atoms with Crippen molar-refractivity contribution in [2.75, 3.05) is 7.05 Å². The molecule has 4 nitrogen and oxygen atoms in total. The lowest BCUT2D eigenvalue weighted by Crippen LogP contribution is -2.26. The zero-order valence-corrected chi connectivity index (χ0v) is 10.7. The highest BCUT2D eigenvalue weighted by Gasteiger charge is 2.10. The van der Waals surface area contributed by atoms with Crippen LogP contribution in [0.5, 0.6) is 0 Å². The molecule has 0 bridgehead atoms. The average Bonchev–Trinajstić information content (AvgIpc) is 2.69. The maximum absolute atomic E-state index is 11.7. The summed E-state index contributed by atoms with van der Waals surface area (Å²) < 4.78 is 0. The molecule has 0 fully saturated rings. The van der Waals surface area contributed by atoms with Gasteiger partial charge in [0.1, 0.15) is 0 Å². The smallest absolute Gasteiger partial charge is 0.222 e. The van der Waals surface area contributed by atoms with Crippen molar-refractivity contribution in [2.45, 2.75) is 38.8 Å². The number of hydrogen-bond donors (Lipinski definition) is 1. The van der Waals surface area contributed by atoms with Crippen molar-refractivity contribution in [3.05, 3.63) is 16.6 Å². The molecule has 0 saturated carbocycles. The summed E-state index contributed by atoms with van der Waals surface area (Å²) in [6.07, 6.45) is 2.33. The largest absolute Gasteiger partial charge is 0.340 e. The first-order valence-electron chi connectivity index (χ1n) is 5.46. The number of nitrogens with zero attached hydrogens (tertiary/aromatic N) is 2. The Morgan fingerprint density at radius 3 is 3.00 bits per heavy atom. The van der Waals surface area contributed by atoms with Gasteiger partial charge in [-0.15, -0.1) is 11.3 Å². The van der Waals surface area contributed by atoms with Crippen molar-refractivity contribution in [1.29, 1.82) is 0 Å². The van der Waals surface area contributed by atoms with Gasteiger partial charge in [-0.3, -0.25) is 4.79 Å². The Morgan fingerprint density at radius 1 is 1.69 bits per heavy atom. The molecule has 0 aromatic carbocycles. The summed E-state index contributed by atoms with van der Waals surface area (Å²) in [4.78, 5) is 17.6. The summed E-state index contributed by atoms with van der Waals surface area (Å²) in [5.74, 6) is 0.161. The summed E-state index contributed by atoms with van der Waals surface area (Å²) >= 11 is 1.55. The van der Waals surface area contributed by atoms with E-state index >= 15 is 0 Å². The van der Waals surface area contributed by atoms with Crippen LogP contribution in [-0.4, -0.2) is 28.9 Å². The summed E-state index contributed by atoms with van der Waals surface area (Å²) in [7, 11) is 1.81. The normalized spacial score (nSPS) is 12.4. The first kappa shape index (κ1) is 13.1. The molecule has 0 aliphatic heterocycles. The molecule has 1 heterocycles. The van der Waals surface area contributed by atoms with Gasteiger partial charge in [-0.05, 0) is 19.8 Å². The Morgan fingerprint density at radius 2 is 2.44 bits per heavy atom. The number of carbonyl (C=O) groups is 1. The molecule has 1 aromatic heterocycles. The third-order valence-electron chi connectivity index (χ3n) is 2.36. The lowest BCUT2D eigenvalue weighted by molar-refractivity contribution is -0.130. The third kappa shape index (κ3) is 4.72. The SMILES string of the molecule is CC(N)CCCC(=O)N(C)Cc1cscn1. The maximum atomic E-state index is 11.7. The quantitative estimate of drug-likeness (QED) is 0.823. The fourth-order valence-corrected chi connectivity index (χ4v) is 1.96. The molecule has 0 radical (unpaired) electrons. The highest BCUT2D eigenvalue weighted by molar-refractivity contribution is 7.07. The second-order valence-corrected chi connectivity index (χ2v) is 4.82. The first-order chi connectivity index (χ1) is 7.59. The number of thiazole rings is 1. The van der Waals surface area contributed by atoms with E-state index in [4.69, 9.17) is 5.73 Å². The first-order valence-corrected chi connectivity index (χ1v) is 6.40. The van der Waals surface area contributed by atoms with Gasteiger partial charge in [0.2, 0.25) is 5.91 Å². The van der Waals surface area contributed by atoms with Gasteiger partial charge >= 0.3 is 0 Å². The van der Waals surface area contributed by atoms with Gasteiger partial charge in [0, 0.05) is 24.9 Å². The molecule has 0 saturated heterocycles. The van der Waals surface area contributed by atoms with Crippen LogP contribution in [0.4, 0.5) is 0 Å². The summed E-state index contributed by atoms with van der Waals surface area (Å²) in [6.45, 7) is 2.56. The van der Waals surface area contributed by atoms with Crippen molar-refractivity contribution in [1.82, 2.24) is 9.88 Å². The van der Waals surface area contributed by atoms with Crippen molar-refractivity contribution >= 4 is 17.2 Å². The van der Waals surface area contributed by atoms with Crippen LogP contribution in [0.25, 0.3) is 0 Å². The molecule has 0 spiro atoms. The van der Waals surface area contributed by atoms with Crippen molar-refractivity contribution in [3.63, 3.8) is 0 Å². The Labute approximate surface area is 100 Å². The minimum atomic E-state index is 0.161. The van der Waals surface area contributed by atoms with Gasteiger partial charge in [0.05, 0.1) is 17.7 Å². The van der Waals surface area contributed by atoms with Crippen LogP contribution in [0.3, 0.4) is 0 Å². The molecule has 16 heavy (non-hydrogen) atoms. The number of rotatable bonds is 6. The van der Waals surface area contributed by atoms with Crippen molar-refractivity contribution < 1.29 is 4.79 Å². The predicted octanol–water partition coefficient (Wildman–Crippen LogP) is 1.62.